The Balaban J connectivity index is 1.62. The van der Waals surface area contributed by atoms with Crippen molar-refractivity contribution in [3.63, 3.8) is 0 Å². The third-order valence-corrected chi connectivity index (χ3v) is 6.40. The summed E-state index contributed by atoms with van der Waals surface area (Å²) < 4.78 is 11.7. The molecule has 0 amide bonds. The molecule has 0 bridgehead atoms. The number of hydrogen-bond acceptors (Lipinski definition) is 2. The van der Waals surface area contributed by atoms with Crippen LogP contribution in [0.4, 0.5) is 0 Å². The van der Waals surface area contributed by atoms with Gasteiger partial charge in [-0.2, -0.15) is 0 Å². The topological polar surface area (TPSA) is 18.5 Å². The van der Waals surface area contributed by atoms with Gasteiger partial charge in [0.2, 0.25) is 0 Å². The maximum Gasteiger partial charge on any atom is 0.324 e. The summed E-state index contributed by atoms with van der Waals surface area (Å²) in [6, 6.07) is 0. The van der Waals surface area contributed by atoms with E-state index >= 15 is 0 Å². The first-order valence-electron chi connectivity index (χ1n) is 6.80. The van der Waals surface area contributed by atoms with Crippen molar-refractivity contribution in [1.29, 1.82) is 0 Å². The Hall–Kier alpha value is -0.123. The van der Waals surface area contributed by atoms with Crippen LogP contribution >= 0.6 is 0 Å². The van der Waals surface area contributed by atoms with E-state index in [2.05, 4.69) is 19.1 Å². The molecule has 1 unspecified atom stereocenters. The first kappa shape index (κ1) is 12.3. The minimum absolute atomic E-state index is 0.782. The van der Waals surface area contributed by atoms with Gasteiger partial charge in [-0.05, 0) is 44.1 Å². The third-order valence-electron chi connectivity index (χ3n) is 3.78. The summed E-state index contributed by atoms with van der Waals surface area (Å²) >= 11 is 0. The average molecular weight is 240 g/mol. The van der Waals surface area contributed by atoms with Crippen molar-refractivity contribution >= 4 is 9.28 Å². The molecule has 0 radical (unpaired) electrons. The fourth-order valence-corrected chi connectivity index (χ4v) is 4.51. The molecule has 16 heavy (non-hydrogen) atoms. The van der Waals surface area contributed by atoms with Crippen LogP contribution in [0.1, 0.15) is 45.4 Å². The van der Waals surface area contributed by atoms with Crippen LogP contribution in [0, 0.1) is 5.92 Å². The molecule has 0 saturated heterocycles. The molecule has 0 aromatic heterocycles. The van der Waals surface area contributed by atoms with E-state index in [0.717, 1.165) is 24.7 Å². The summed E-state index contributed by atoms with van der Waals surface area (Å²) in [5.41, 5.74) is 0.789. The fourth-order valence-electron chi connectivity index (χ4n) is 2.23. The number of allylic oxidation sites excluding steroid dienone is 1. The van der Waals surface area contributed by atoms with E-state index in [1.807, 2.05) is 0 Å². The zero-order valence-electron chi connectivity index (χ0n) is 10.4. The zero-order chi connectivity index (χ0) is 11.2. The standard InChI is InChI=1S/C13H24O2Si/c1-2-14-16(13-9-4-10-13)15-11-5-8-12-6-3-7-12/h5,8,12-13,16H,2-4,6-7,9-11H2,1H3. The lowest BCUT2D eigenvalue weighted by atomic mass is 9.85. The van der Waals surface area contributed by atoms with Gasteiger partial charge in [0.05, 0.1) is 6.61 Å². The van der Waals surface area contributed by atoms with Crippen LogP contribution in [0.2, 0.25) is 5.54 Å². The van der Waals surface area contributed by atoms with Gasteiger partial charge in [-0.1, -0.05) is 25.0 Å². The minimum atomic E-state index is -1.35. The molecule has 3 heteroatoms. The molecule has 0 aliphatic heterocycles. The van der Waals surface area contributed by atoms with Gasteiger partial charge in [0.25, 0.3) is 0 Å². The molecule has 0 spiro atoms. The predicted octanol–water partition coefficient (Wildman–Crippen LogP) is 3.17. The van der Waals surface area contributed by atoms with E-state index in [-0.39, 0.29) is 0 Å². The second-order valence-electron chi connectivity index (χ2n) is 4.97. The lowest BCUT2D eigenvalue weighted by Gasteiger charge is -2.31. The van der Waals surface area contributed by atoms with Gasteiger partial charge in [0, 0.05) is 6.61 Å². The van der Waals surface area contributed by atoms with Gasteiger partial charge in [-0.15, -0.1) is 0 Å². The first-order chi connectivity index (χ1) is 7.90. The Bertz CT molecular complexity index is 222. The van der Waals surface area contributed by atoms with Gasteiger partial charge >= 0.3 is 9.28 Å². The van der Waals surface area contributed by atoms with Crippen LogP contribution in [0.3, 0.4) is 0 Å². The maximum atomic E-state index is 5.94. The Morgan fingerprint density at radius 3 is 2.38 bits per heavy atom. The van der Waals surface area contributed by atoms with Gasteiger partial charge in [-0.25, -0.2) is 0 Å². The average Bonchev–Trinajstić information content (AvgIpc) is 2.12. The first-order valence-corrected chi connectivity index (χ1v) is 8.41. The molecule has 2 nitrogen and oxygen atoms in total. The molecule has 2 rings (SSSR count). The zero-order valence-corrected chi connectivity index (χ0v) is 11.5. The van der Waals surface area contributed by atoms with Crippen LogP contribution < -0.4 is 0 Å². The van der Waals surface area contributed by atoms with E-state index < -0.39 is 9.28 Å². The van der Waals surface area contributed by atoms with Crippen molar-refractivity contribution in [3.05, 3.63) is 12.2 Å². The van der Waals surface area contributed by atoms with Crippen molar-refractivity contribution in [2.24, 2.45) is 5.92 Å². The molecule has 2 aliphatic rings. The van der Waals surface area contributed by atoms with Crippen LogP contribution in [0.5, 0.6) is 0 Å². The van der Waals surface area contributed by atoms with Gasteiger partial charge in [0.1, 0.15) is 0 Å². The Kier molecular flexibility index (Phi) is 5.07. The summed E-state index contributed by atoms with van der Waals surface area (Å²) in [6.07, 6.45) is 12.8. The lowest BCUT2D eigenvalue weighted by Crippen LogP contribution is -2.33. The van der Waals surface area contributed by atoms with Gasteiger partial charge < -0.3 is 8.85 Å². The van der Waals surface area contributed by atoms with Gasteiger partial charge in [-0.3, -0.25) is 0 Å². The van der Waals surface area contributed by atoms with E-state index in [1.165, 1.54) is 38.5 Å². The van der Waals surface area contributed by atoms with E-state index in [1.54, 1.807) is 0 Å². The van der Waals surface area contributed by atoms with Crippen molar-refractivity contribution in [1.82, 2.24) is 0 Å². The number of rotatable bonds is 7. The largest absolute Gasteiger partial charge is 0.397 e. The molecular weight excluding hydrogens is 216 g/mol. The van der Waals surface area contributed by atoms with Crippen LogP contribution in [0.15, 0.2) is 12.2 Å². The van der Waals surface area contributed by atoms with E-state index in [0.29, 0.717) is 0 Å². The molecule has 92 valence electrons. The van der Waals surface area contributed by atoms with E-state index in [9.17, 15) is 0 Å². The van der Waals surface area contributed by atoms with Gasteiger partial charge in [0.15, 0.2) is 0 Å². The molecule has 2 fully saturated rings. The smallest absolute Gasteiger partial charge is 0.324 e. The Morgan fingerprint density at radius 1 is 1.12 bits per heavy atom. The summed E-state index contributed by atoms with van der Waals surface area (Å²) in [5.74, 6) is 0.847. The molecule has 2 saturated carbocycles. The molecular formula is C13H24O2Si. The normalized spacial score (nSPS) is 24.3. The van der Waals surface area contributed by atoms with Crippen LogP contribution in [0.25, 0.3) is 0 Å². The fraction of sp³-hybridized carbons (Fsp3) is 0.846. The molecule has 0 aromatic carbocycles. The molecule has 1 atom stereocenters. The van der Waals surface area contributed by atoms with Crippen molar-refractivity contribution in [2.75, 3.05) is 13.2 Å². The summed E-state index contributed by atoms with van der Waals surface area (Å²) in [7, 11) is -1.35. The summed E-state index contributed by atoms with van der Waals surface area (Å²) in [4.78, 5) is 0. The summed E-state index contributed by atoms with van der Waals surface area (Å²) in [5, 5.41) is 0. The highest BCUT2D eigenvalue weighted by Crippen LogP contribution is 2.35. The highest BCUT2D eigenvalue weighted by Gasteiger charge is 2.30. The maximum absolute atomic E-state index is 5.94. The quantitative estimate of drug-likeness (QED) is 0.503. The second-order valence-corrected chi connectivity index (χ2v) is 7.31. The Morgan fingerprint density at radius 2 is 1.88 bits per heavy atom. The monoisotopic (exact) mass is 240 g/mol. The summed E-state index contributed by atoms with van der Waals surface area (Å²) in [6.45, 7) is 3.68. The molecule has 0 heterocycles. The molecule has 2 aliphatic carbocycles. The van der Waals surface area contributed by atoms with E-state index in [4.69, 9.17) is 8.85 Å². The SMILES string of the molecule is CCO[SiH](OCC=CC1CCC1)C1CCC1. The highest BCUT2D eigenvalue weighted by atomic mass is 28.3. The van der Waals surface area contributed by atoms with Crippen molar-refractivity contribution in [2.45, 2.75) is 51.0 Å². The molecule has 0 N–H and O–H groups in total. The number of hydrogen-bond donors (Lipinski definition) is 0. The predicted molar refractivity (Wildman–Crippen MR) is 68.8 cm³/mol. The highest BCUT2D eigenvalue weighted by molar-refractivity contribution is 6.46. The second kappa shape index (κ2) is 6.57. The third kappa shape index (κ3) is 3.44. The molecule has 0 aromatic rings. The van der Waals surface area contributed by atoms with Crippen molar-refractivity contribution in [3.8, 4) is 0 Å². The van der Waals surface area contributed by atoms with Crippen LogP contribution in [-0.2, 0) is 8.85 Å². The Labute approximate surface area is 101 Å². The lowest BCUT2D eigenvalue weighted by molar-refractivity contribution is 0.197. The minimum Gasteiger partial charge on any atom is -0.397 e. The van der Waals surface area contributed by atoms with Crippen LogP contribution in [-0.4, -0.2) is 22.5 Å². The van der Waals surface area contributed by atoms with Crippen molar-refractivity contribution < 1.29 is 8.85 Å².